The lowest BCUT2D eigenvalue weighted by atomic mass is 10.1. The van der Waals surface area contributed by atoms with Crippen molar-refractivity contribution in [3.63, 3.8) is 0 Å². The quantitative estimate of drug-likeness (QED) is 0.768. The molecule has 0 aliphatic heterocycles. The fourth-order valence-corrected chi connectivity index (χ4v) is 2.16. The van der Waals surface area contributed by atoms with Crippen molar-refractivity contribution in [2.24, 2.45) is 0 Å². The SMILES string of the molecule is CC(=O)Nc1ccc(NC(=O)CNCc2ccccc2C)cc1. The van der Waals surface area contributed by atoms with E-state index in [2.05, 4.69) is 16.0 Å². The number of anilines is 2. The molecule has 0 radical (unpaired) electrons. The average molecular weight is 311 g/mol. The molecule has 0 aliphatic carbocycles. The molecule has 0 saturated carbocycles. The highest BCUT2D eigenvalue weighted by atomic mass is 16.2. The summed E-state index contributed by atoms with van der Waals surface area (Å²) >= 11 is 0. The van der Waals surface area contributed by atoms with Gasteiger partial charge in [0.15, 0.2) is 0 Å². The first kappa shape index (κ1) is 16.7. The minimum atomic E-state index is -0.123. The normalized spacial score (nSPS) is 10.2. The first-order valence-electron chi connectivity index (χ1n) is 7.47. The van der Waals surface area contributed by atoms with E-state index < -0.39 is 0 Å². The maximum Gasteiger partial charge on any atom is 0.238 e. The van der Waals surface area contributed by atoms with Crippen molar-refractivity contribution in [2.45, 2.75) is 20.4 Å². The van der Waals surface area contributed by atoms with Gasteiger partial charge in [0.25, 0.3) is 0 Å². The van der Waals surface area contributed by atoms with Crippen LogP contribution in [-0.2, 0) is 16.1 Å². The molecule has 0 bridgehead atoms. The van der Waals surface area contributed by atoms with E-state index in [0.717, 1.165) is 0 Å². The molecule has 5 nitrogen and oxygen atoms in total. The van der Waals surface area contributed by atoms with E-state index in [-0.39, 0.29) is 18.4 Å². The number of carbonyl (C=O) groups is 2. The van der Waals surface area contributed by atoms with Gasteiger partial charge in [-0.05, 0) is 42.3 Å². The zero-order valence-electron chi connectivity index (χ0n) is 13.3. The Balaban J connectivity index is 1.78. The van der Waals surface area contributed by atoms with Gasteiger partial charge in [-0.3, -0.25) is 9.59 Å². The summed E-state index contributed by atoms with van der Waals surface area (Å²) in [6, 6.07) is 15.1. The second kappa shape index (κ2) is 8.10. The molecule has 0 unspecified atom stereocenters. The second-order valence-electron chi connectivity index (χ2n) is 5.34. The van der Waals surface area contributed by atoms with E-state index in [0.29, 0.717) is 17.9 Å². The molecular weight excluding hydrogens is 290 g/mol. The van der Waals surface area contributed by atoms with Crippen LogP contribution < -0.4 is 16.0 Å². The first-order valence-corrected chi connectivity index (χ1v) is 7.47. The maximum absolute atomic E-state index is 11.9. The van der Waals surface area contributed by atoms with Crippen LogP contribution in [0.15, 0.2) is 48.5 Å². The monoisotopic (exact) mass is 311 g/mol. The summed E-state index contributed by atoms with van der Waals surface area (Å²) in [6.45, 7) is 4.40. The second-order valence-corrected chi connectivity index (χ2v) is 5.34. The summed E-state index contributed by atoms with van der Waals surface area (Å²) in [6.07, 6.45) is 0. The molecule has 2 rings (SSSR count). The van der Waals surface area contributed by atoms with Crippen LogP contribution in [0, 0.1) is 6.92 Å². The third kappa shape index (κ3) is 5.56. The Morgan fingerprint density at radius 2 is 1.52 bits per heavy atom. The largest absolute Gasteiger partial charge is 0.326 e. The van der Waals surface area contributed by atoms with Gasteiger partial charge in [0.2, 0.25) is 11.8 Å². The molecule has 0 aliphatic rings. The van der Waals surface area contributed by atoms with Crippen molar-refractivity contribution in [3.05, 3.63) is 59.7 Å². The summed E-state index contributed by atoms with van der Waals surface area (Å²) < 4.78 is 0. The van der Waals surface area contributed by atoms with E-state index in [1.54, 1.807) is 24.3 Å². The van der Waals surface area contributed by atoms with E-state index in [1.165, 1.54) is 18.1 Å². The molecule has 0 atom stereocenters. The molecule has 2 aromatic carbocycles. The molecule has 23 heavy (non-hydrogen) atoms. The van der Waals surface area contributed by atoms with Gasteiger partial charge >= 0.3 is 0 Å². The van der Waals surface area contributed by atoms with Crippen LogP contribution in [0.25, 0.3) is 0 Å². The highest BCUT2D eigenvalue weighted by molar-refractivity contribution is 5.93. The minimum Gasteiger partial charge on any atom is -0.326 e. The van der Waals surface area contributed by atoms with Gasteiger partial charge < -0.3 is 16.0 Å². The average Bonchev–Trinajstić information content (AvgIpc) is 2.51. The van der Waals surface area contributed by atoms with E-state index in [1.807, 2.05) is 31.2 Å². The zero-order valence-corrected chi connectivity index (χ0v) is 13.3. The lowest BCUT2D eigenvalue weighted by Crippen LogP contribution is -2.27. The number of benzene rings is 2. The van der Waals surface area contributed by atoms with Crippen LogP contribution in [0.5, 0.6) is 0 Å². The minimum absolute atomic E-state index is 0.106. The first-order chi connectivity index (χ1) is 11.0. The van der Waals surface area contributed by atoms with E-state index >= 15 is 0 Å². The van der Waals surface area contributed by atoms with Crippen LogP contribution in [0.1, 0.15) is 18.1 Å². The lowest BCUT2D eigenvalue weighted by molar-refractivity contribution is -0.115. The third-order valence-electron chi connectivity index (χ3n) is 3.35. The zero-order chi connectivity index (χ0) is 16.7. The van der Waals surface area contributed by atoms with Crippen LogP contribution >= 0.6 is 0 Å². The topological polar surface area (TPSA) is 70.2 Å². The van der Waals surface area contributed by atoms with Crippen LogP contribution in [0.2, 0.25) is 0 Å². The third-order valence-corrected chi connectivity index (χ3v) is 3.35. The number of hydrogen-bond acceptors (Lipinski definition) is 3. The van der Waals surface area contributed by atoms with Crippen molar-refractivity contribution in [3.8, 4) is 0 Å². The number of aryl methyl sites for hydroxylation is 1. The predicted molar refractivity (Wildman–Crippen MR) is 92.3 cm³/mol. The van der Waals surface area contributed by atoms with Gasteiger partial charge in [-0.1, -0.05) is 24.3 Å². The van der Waals surface area contributed by atoms with Crippen molar-refractivity contribution in [2.75, 3.05) is 17.2 Å². The Hall–Kier alpha value is -2.66. The molecule has 0 heterocycles. The van der Waals surface area contributed by atoms with Gasteiger partial charge in [0.1, 0.15) is 0 Å². The summed E-state index contributed by atoms with van der Waals surface area (Å²) in [4.78, 5) is 22.9. The van der Waals surface area contributed by atoms with Crippen LogP contribution in [-0.4, -0.2) is 18.4 Å². The number of hydrogen-bond donors (Lipinski definition) is 3. The van der Waals surface area contributed by atoms with Gasteiger partial charge in [-0.15, -0.1) is 0 Å². The molecule has 2 aromatic rings. The van der Waals surface area contributed by atoms with Gasteiger partial charge in [0, 0.05) is 24.8 Å². The summed E-state index contributed by atoms with van der Waals surface area (Å²) in [7, 11) is 0. The fourth-order valence-electron chi connectivity index (χ4n) is 2.16. The maximum atomic E-state index is 11.9. The van der Waals surface area contributed by atoms with Gasteiger partial charge in [-0.2, -0.15) is 0 Å². The van der Waals surface area contributed by atoms with Crippen molar-refractivity contribution in [1.29, 1.82) is 0 Å². The number of amides is 2. The number of nitrogens with one attached hydrogen (secondary N) is 3. The van der Waals surface area contributed by atoms with Gasteiger partial charge in [0.05, 0.1) is 6.54 Å². The molecule has 5 heteroatoms. The lowest BCUT2D eigenvalue weighted by Gasteiger charge is -2.09. The highest BCUT2D eigenvalue weighted by Crippen LogP contribution is 2.13. The molecule has 2 amide bonds. The van der Waals surface area contributed by atoms with Crippen molar-refractivity contribution < 1.29 is 9.59 Å². The summed E-state index contributed by atoms with van der Waals surface area (Å²) in [5.41, 5.74) is 3.78. The van der Waals surface area contributed by atoms with E-state index in [4.69, 9.17) is 0 Å². The number of rotatable bonds is 6. The van der Waals surface area contributed by atoms with E-state index in [9.17, 15) is 9.59 Å². The molecular formula is C18H21N3O2. The van der Waals surface area contributed by atoms with Crippen molar-refractivity contribution in [1.82, 2.24) is 5.32 Å². The van der Waals surface area contributed by atoms with Crippen LogP contribution in [0.3, 0.4) is 0 Å². The number of carbonyl (C=O) groups excluding carboxylic acids is 2. The molecule has 120 valence electrons. The van der Waals surface area contributed by atoms with Crippen molar-refractivity contribution >= 4 is 23.2 Å². The molecule has 0 spiro atoms. The highest BCUT2D eigenvalue weighted by Gasteiger charge is 2.03. The Bertz CT molecular complexity index is 681. The fraction of sp³-hybridized carbons (Fsp3) is 0.222. The standard InChI is InChI=1S/C18H21N3O2/c1-13-5-3-4-6-15(13)11-19-12-18(23)21-17-9-7-16(8-10-17)20-14(2)22/h3-10,19H,11-12H2,1-2H3,(H,20,22)(H,21,23). The molecule has 3 N–H and O–H groups in total. The summed E-state index contributed by atoms with van der Waals surface area (Å²) in [5, 5.41) is 8.62. The molecule has 0 saturated heterocycles. The molecule has 0 aromatic heterocycles. The molecule has 0 fully saturated rings. The Morgan fingerprint density at radius 1 is 0.913 bits per heavy atom. The Kier molecular flexibility index (Phi) is 5.88. The van der Waals surface area contributed by atoms with Gasteiger partial charge in [-0.25, -0.2) is 0 Å². The predicted octanol–water partition coefficient (Wildman–Crippen LogP) is 2.68. The Morgan fingerprint density at radius 3 is 2.13 bits per heavy atom. The smallest absolute Gasteiger partial charge is 0.238 e. The Labute approximate surface area is 136 Å². The van der Waals surface area contributed by atoms with Crippen LogP contribution in [0.4, 0.5) is 11.4 Å². The summed E-state index contributed by atoms with van der Waals surface area (Å²) in [5.74, 6) is -0.229.